The Morgan fingerprint density at radius 2 is 1.86 bits per heavy atom. The average Bonchev–Trinajstić information content (AvgIpc) is 2.77. The molecule has 0 aliphatic heterocycles. The van der Waals surface area contributed by atoms with Gasteiger partial charge in [-0.3, -0.25) is 9.59 Å². The summed E-state index contributed by atoms with van der Waals surface area (Å²) in [4.78, 5) is 27.0. The van der Waals surface area contributed by atoms with Gasteiger partial charge in [0.05, 0.1) is 0 Å². The molecule has 120 valence electrons. The van der Waals surface area contributed by atoms with Crippen molar-refractivity contribution in [2.75, 3.05) is 13.1 Å². The summed E-state index contributed by atoms with van der Waals surface area (Å²) >= 11 is 0. The minimum atomic E-state index is -1.11. The maximum absolute atomic E-state index is 12.8. The molecule has 0 aromatic heterocycles. The van der Waals surface area contributed by atoms with Crippen molar-refractivity contribution in [3.8, 4) is 0 Å². The predicted octanol–water partition coefficient (Wildman–Crippen LogP) is 3.88. The molecular weight excluding hydrogens is 278 g/mol. The Labute approximate surface area is 130 Å². The third kappa shape index (κ3) is 4.53. The van der Waals surface area contributed by atoms with E-state index in [1.807, 2.05) is 18.7 Å². The van der Waals surface area contributed by atoms with Gasteiger partial charge in [0.1, 0.15) is 11.2 Å². The number of rotatable bonds is 7. The summed E-state index contributed by atoms with van der Waals surface area (Å²) in [5.41, 5.74) is -0.762. The molecule has 21 heavy (non-hydrogen) atoms. The Hall–Kier alpha value is -0.903. The van der Waals surface area contributed by atoms with Crippen LogP contribution in [0.5, 0.6) is 0 Å². The molecule has 1 saturated carbocycles. The summed E-state index contributed by atoms with van der Waals surface area (Å²) in [6.07, 6.45) is 7.00. The highest BCUT2D eigenvalue weighted by Crippen LogP contribution is 2.40. The zero-order chi connectivity index (χ0) is 16.1. The molecule has 1 fully saturated rings. The van der Waals surface area contributed by atoms with Crippen LogP contribution >= 0.6 is 0 Å². The summed E-state index contributed by atoms with van der Waals surface area (Å²) in [7, 11) is -1.11. The number of carbonyl (C=O) groups excluding carboxylic acids is 2. The van der Waals surface area contributed by atoms with E-state index >= 15 is 0 Å². The first kappa shape index (κ1) is 18.1. The van der Waals surface area contributed by atoms with Gasteiger partial charge >= 0.3 is 0 Å². The standard InChI is InChI=1S/C17H31NO2Si/c1-6-18(7-2)16(20)17(13-10-11-15(17)19)12-8-9-14-21(3,4)5/h8-9H,6-7,10-14H2,1-5H3. The van der Waals surface area contributed by atoms with E-state index in [0.29, 0.717) is 25.9 Å². The van der Waals surface area contributed by atoms with E-state index in [2.05, 4.69) is 31.8 Å². The first-order valence-electron chi connectivity index (χ1n) is 8.24. The van der Waals surface area contributed by atoms with Crippen LogP contribution in [0, 0.1) is 5.41 Å². The number of Topliss-reactive ketones (excluding diaryl/α,β-unsaturated/α-hetero) is 1. The lowest BCUT2D eigenvalue weighted by Crippen LogP contribution is -2.46. The van der Waals surface area contributed by atoms with Crippen LogP contribution in [0.2, 0.25) is 25.7 Å². The van der Waals surface area contributed by atoms with Crippen LogP contribution in [-0.4, -0.2) is 37.8 Å². The fourth-order valence-electron chi connectivity index (χ4n) is 2.99. The van der Waals surface area contributed by atoms with Crippen molar-refractivity contribution < 1.29 is 9.59 Å². The van der Waals surface area contributed by atoms with Crippen molar-refractivity contribution in [2.45, 2.75) is 65.2 Å². The number of nitrogens with zero attached hydrogens (tertiary/aromatic N) is 1. The highest BCUT2D eigenvalue weighted by atomic mass is 28.3. The summed E-state index contributed by atoms with van der Waals surface area (Å²) in [6.45, 7) is 12.3. The molecule has 1 rings (SSSR count). The first-order valence-corrected chi connectivity index (χ1v) is 11.9. The zero-order valence-corrected chi connectivity index (χ0v) is 15.4. The van der Waals surface area contributed by atoms with E-state index in [1.54, 1.807) is 0 Å². The lowest BCUT2D eigenvalue weighted by atomic mass is 9.80. The van der Waals surface area contributed by atoms with E-state index < -0.39 is 13.5 Å². The molecule has 0 radical (unpaired) electrons. The molecule has 0 bridgehead atoms. The van der Waals surface area contributed by atoms with Gasteiger partial charge in [-0.05, 0) is 39.2 Å². The Morgan fingerprint density at radius 1 is 1.24 bits per heavy atom. The monoisotopic (exact) mass is 309 g/mol. The summed E-state index contributed by atoms with van der Waals surface area (Å²) < 4.78 is 0. The van der Waals surface area contributed by atoms with Crippen LogP contribution in [0.25, 0.3) is 0 Å². The number of ketones is 1. The van der Waals surface area contributed by atoms with E-state index in [4.69, 9.17) is 0 Å². The number of hydrogen-bond acceptors (Lipinski definition) is 2. The van der Waals surface area contributed by atoms with E-state index in [-0.39, 0.29) is 11.7 Å². The smallest absolute Gasteiger partial charge is 0.236 e. The normalized spacial score (nSPS) is 23.0. The Bertz CT molecular complexity index is 408. The first-order chi connectivity index (χ1) is 9.77. The van der Waals surface area contributed by atoms with Crippen LogP contribution in [0.3, 0.4) is 0 Å². The summed E-state index contributed by atoms with van der Waals surface area (Å²) in [5, 5.41) is 0. The molecule has 0 N–H and O–H groups in total. The zero-order valence-electron chi connectivity index (χ0n) is 14.4. The molecule has 3 nitrogen and oxygen atoms in total. The van der Waals surface area contributed by atoms with E-state index in [1.165, 1.54) is 0 Å². The van der Waals surface area contributed by atoms with Gasteiger partial charge in [-0.2, -0.15) is 0 Å². The van der Waals surface area contributed by atoms with Crippen molar-refractivity contribution in [1.82, 2.24) is 4.90 Å². The van der Waals surface area contributed by atoms with Crippen LogP contribution in [0.1, 0.15) is 39.5 Å². The lowest BCUT2D eigenvalue weighted by Gasteiger charge is -2.31. The van der Waals surface area contributed by atoms with Gasteiger partial charge in [-0.25, -0.2) is 0 Å². The SMILES string of the molecule is CCN(CC)C(=O)C1(CC=CC[Si](C)(C)C)CCCC1=O. The largest absolute Gasteiger partial charge is 0.342 e. The van der Waals surface area contributed by atoms with Crippen molar-refractivity contribution in [2.24, 2.45) is 5.41 Å². The molecule has 1 unspecified atom stereocenters. The van der Waals surface area contributed by atoms with Gasteiger partial charge in [0.2, 0.25) is 5.91 Å². The van der Waals surface area contributed by atoms with Crippen molar-refractivity contribution >= 4 is 19.8 Å². The fraction of sp³-hybridized carbons (Fsp3) is 0.765. The van der Waals surface area contributed by atoms with Gasteiger partial charge in [0.25, 0.3) is 0 Å². The highest BCUT2D eigenvalue weighted by molar-refractivity contribution is 6.76. The number of allylic oxidation sites excluding steroid dienone is 2. The molecule has 0 aromatic rings. The number of amides is 1. The minimum absolute atomic E-state index is 0.0488. The molecule has 4 heteroatoms. The van der Waals surface area contributed by atoms with Gasteiger partial charge in [-0.1, -0.05) is 31.8 Å². The molecule has 0 spiro atoms. The van der Waals surface area contributed by atoms with Crippen molar-refractivity contribution in [3.63, 3.8) is 0 Å². The maximum Gasteiger partial charge on any atom is 0.236 e. The van der Waals surface area contributed by atoms with Crippen molar-refractivity contribution in [1.29, 1.82) is 0 Å². The van der Waals surface area contributed by atoms with E-state index in [9.17, 15) is 9.59 Å². The quantitative estimate of drug-likeness (QED) is 0.406. The molecule has 1 aliphatic carbocycles. The third-order valence-electron chi connectivity index (χ3n) is 4.36. The maximum atomic E-state index is 12.8. The molecular formula is C17H31NO2Si. The average molecular weight is 310 g/mol. The second kappa shape index (κ2) is 7.39. The fourth-order valence-corrected chi connectivity index (χ4v) is 3.87. The second-order valence-electron chi connectivity index (χ2n) is 7.28. The molecule has 1 amide bonds. The molecule has 1 aliphatic rings. The molecule has 1 atom stereocenters. The molecule has 0 saturated heterocycles. The van der Waals surface area contributed by atoms with Crippen LogP contribution < -0.4 is 0 Å². The lowest BCUT2D eigenvalue weighted by molar-refractivity contribution is -0.147. The summed E-state index contributed by atoms with van der Waals surface area (Å²) in [5.74, 6) is 0.199. The predicted molar refractivity (Wildman–Crippen MR) is 91.1 cm³/mol. The molecule has 0 heterocycles. The highest BCUT2D eigenvalue weighted by Gasteiger charge is 2.48. The number of hydrogen-bond donors (Lipinski definition) is 0. The van der Waals surface area contributed by atoms with Crippen LogP contribution in [-0.2, 0) is 9.59 Å². The van der Waals surface area contributed by atoms with Gasteiger partial charge < -0.3 is 4.90 Å². The minimum Gasteiger partial charge on any atom is -0.342 e. The Kier molecular flexibility index (Phi) is 6.38. The second-order valence-corrected chi connectivity index (χ2v) is 12.8. The van der Waals surface area contributed by atoms with Crippen LogP contribution in [0.4, 0.5) is 0 Å². The van der Waals surface area contributed by atoms with Gasteiger partial charge in [-0.15, -0.1) is 0 Å². The van der Waals surface area contributed by atoms with Crippen molar-refractivity contribution in [3.05, 3.63) is 12.2 Å². The Balaban J connectivity index is 2.86. The Morgan fingerprint density at radius 3 is 2.29 bits per heavy atom. The van der Waals surface area contributed by atoms with Gasteiger partial charge in [0, 0.05) is 27.6 Å². The topological polar surface area (TPSA) is 37.4 Å². The van der Waals surface area contributed by atoms with Crippen LogP contribution in [0.15, 0.2) is 12.2 Å². The van der Waals surface area contributed by atoms with Gasteiger partial charge in [0.15, 0.2) is 0 Å². The molecule has 0 aromatic carbocycles. The van der Waals surface area contributed by atoms with E-state index in [0.717, 1.165) is 18.9 Å². The third-order valence-corrected chi connectivity index (χ3v) is 5.82. The number of carbonyl (C=O) groups is 2. The summed E-state index contributed by atoms with van der Waals surface area (Å²) in [6, 6.07) is 1.11.